The zero-order valence-corrected chi connectivity index (χ0v) is 8.93. The number of hydrogen-bond acceptors (Lipinski definition) is 3. The van der Waals surface area contributed by atoms with Gasteiger partial charge in [0.2, 0.25) is 0 Å². The first-order valence-electron chi connectivity index (χ1n) is 4.86. The summed E-state index contributed by atoms with van der Waals surface area (Å²) in [5.74, 6) is -1.08. The van der Waals surface area contributed by atoms with Gasteiger partial charge in [-0.1, -0.05) is 0 Å². The van der Waals surface area contributed by atoms with E-state index in [0.717, 1.165) is 12.1 Å². The molecule has 3 N–H and O–H groups in total. The van der Waals surface area contributed by atoms with Crippen LogP contribution in [0.25, 0.3) is 0 Å². The smallest absolute Gasteiger partial charge is 0.323 e. The van der Waals surface area contributed by atoms with E-state index in [2.05, 4.69) is 15.7 Å². The maximum absolute atomic E-state index is 11.1. The van der Waals surface area contributed by atoms with Crippen molar-refractivity contribution in [1.29, 1.82) is 0 Å². The number of nitrogens with zero attached hydrogens (tertiary/aromatic N) is 2. The van der Waals surface area contributed by atoms with Crippen LogP contribution in [0.15, 0.2) is 12.4 Å². The molecule has 16 heavy (non-hydrogen) atoms. The first kappa shape index (κ1) is 12.0. The van der Waals surface area contributed by atoms with Gasteiger partial charge in [0.1, 0.15) is 6.54 Å². The Hall–Kier alpha value is -2.05. The summed E-state index contributed by atoms with van der Waals surface area (Å²) in [4.78, 5) is 21.2. The molecule has 0 fully saturated rings. The number of carboxylic acids is 1. The highest BCUT2D eigenvalue weighted by Crippen LogP contribution is 1.96. The summed E-state index contributed by atoms with van der Waals surface area (Å²) in [5, 5.41) is 17.1. The number of amides is 2. The van der Waals surface area contributed by atoms with Gasteiger partial charge < -0.3 is 15.7 Å². The lowest BCUT2D eigenvalue weighted by atomic mass is 10.4. The van der Waals surface area contributed by atoms with Crippen LogP contribution in [0.2, 0.25) is 0 Å². The molecule has 0 spiro atoms. The predicted octanol–water partition coefficient (Wildman–Crippen LogP) is -0.213. The van der Waals surface area contributed by atoms with Crippen molar-refractivity contribution in [3.05, 3.63) is 18.0 Å². The topological polar surface area (TPSA) is 96.2 Å². The molecule has 7 nitrogen and oxygen atoms in total. The fourth-order valence-electron chi connectivity index (χ4n) is 1.07. The molecule has 0 bridgehead atoms. The van der Waals surface area contributed by atoms with E-state index >= 15 is 0 Å². The maximum atomic E-state index is 11.1. The van der Waals surface area contributed by atoms with Crippen molar-refractivity contribution in [1.82, 2.24) is 20.4 Å². The second kappa shape index (κ2) is 5.74. The molecular formula is C9H14N4O3. The van der Waals surface area contributed by atoms with Crippen LogP contribution in [0.3, 0.4) is 0 Å². The first-order chi connectivity index (χ1) is 7.61. The second-order valence-electron chi connectivity index (χ2n) is 3.13. The van der Waals surface area contributed by atoms with Crippen LogP contribution in [0.5, 0.6) is 0 Å². The third-order valence-corrected chi connectivity index (χ3v) is 1.86. The van der Waals surface area contributed by atoms with Crippen molar-refractivity contribution >= 4 is 12.0 Å². The van der Waals surface area contributed by atoms with E-state index in [9.17, 15) is 9.59 Å². The summed E-state index contributed by atoms with van der Waals surface area (Å²) < 4.78 is 1.74. The highest BCUT2D eigenvalue weighted by atomic mass is 16.4. The third kappa shape index (κ3) is 3.99. The molecule has 0 atom stereocenters. The number of aliphatic carboxylic acids is 1. The van der Waals surface area contributed by atoms with E-state index in [-0.39, 0.29) is 6.54 Å². The number of carbonyl (C=O) groups is 2. The van der Waals surface area contributed by atoms with Gasteiger partial charge >= 0.3 is 12.0 Å². The number of carbonyl (C=O) groups excluding carboxylic acids is 1. The lowest BCUT2D eigenvalue weighted by Gasteiger charge is -2.03. The van der Waals surface area contributed by atoms with Gasteiger partial charge in [0.25, 0.3) is 0 Å². The van der Waals surface area contributed by atoms with E-state index in [4.69, 9.17) is 5.11 Å². The van der Waals surface area contributed by atoms with E-state index in [1.807, 2.05) is 13.1 Å². The highest BCUT2D eigenvalue weighted by molar-refractivity contribution is 5.79. The van der Waals surface area contributed by atoms with Crippen LogP contribution in [-0.4, -0.2) is 33.4 Å². The number of rotatable bonds is 5. The predicted molar refractivity (Wildman–Crippen MR) is 55.8 cm³/mol. The molecule has 0 unspecified atom stereocenters. The van der Waals surface area contributed by atoms with Crippen LogP contribution >= 0.6 is 0 Å². The fourth-order valence-corrected chi connectivity index (χ4v) is 1.07. The van der Waals surface area contributed by atoms with Gasteiger partial charge in [-0.25, -0.2) is 4.79 Å². The van der Waals surface area contributed by atoms with Crippen LogP contribution in [0, 0.1) is 0 Å². The van der Waals surface area contributed by atoms with Crippen LogP contribution in [-0.2, 0) is 17.9 Å². The SMILES string of the molecule is CCn1cc(CNC(=O)NCC(=O)O)cn1. The average molecular weight is 226 g/mol. The van der Waals surface area contributed by atoms with Gasteiger partial charge in [-0.3, -0.25) is 9.48 Å². The highest BCUT2D eigenvalue weighted by Gasteiger charge is 2.03. The molecule has 0 aliphatic heterocycles. The summed E-state index contributed by atoms with van der Waals surface area (Å²) in [6.45, 7) is 2.67. The molecule has 0 aliphatic rings. The summed E-state index contributed by atoms with van der Waals surface area (Å²) in [7, 11) is 0. The van der Waals surface area contributed by atoms with Gasteiger partial charge in [-0.15, -0.1) is 0 Å². The number of urea groups is 1. The lowest BCUT2D eigenvalue weighted by Crippen LogP contribution is -2.37. The molecule has 0 aliphatic carbocycles. The zero-order valence-electron chi connectivity index (χ0n) is 8.93. The van der Waals surface area contributed by atoms with Crippen LogP contribution in [0.1, 0.15) is 12.5 Å². The Kier molecular flexibility index (Phi) is 4.31. The molecule has 0 saturated carbocycles. The van der Waals surface area contributed by atoms with Crippen molar-refractivity contribution in [2.45, 2.75) is 20.0 Å². The minimum Gasteiger partial charge on any atom is -0.480 e. The van der Waals surface area contributed by atoms with Crippen molar-refractivity contribution in [3.8, 4) is 0 Å². The number of aryl methyl sites for hydroxylation is 1. The molecule has 2 amide bonds. The monoisotopic (exact) mass is 226 g/mol. The molecular weight excluding hydrogens is 212 g/mol. The number of nitrogens with one attached hydrogen (secondary N) is 2. The minimum absolute atomic E-state index is 0.325. The molecule has 7 heteroatoms. The van der Waals surface area contributed by atoms with Crippen LogP contribution in [0.4, 0.5) is 4.79 Å². The number of carboxylic acid groups (broad SMARTS) is 1. The third-order valence-electron chi connectivity index (χ3n) is 1.86. The number of hydrogen-bond donors (Lipinski definition) is 3. The minimum atomic E-state index is -1.08. The van der Waals surface area contributed by atoms with Gasteiger partial charge in [-0.2, -0.15) is 5.10 Å². The van der Waals surface area contributed by atoms with E-state index < -0.39 is 12.0 Å². The normalized spacial score (nSPS) is 9.81. The Balaban J connectivity index is 2.28. The summed E-state index contributed by atoms with van der Waals surface area (Å²) in [5.41, 5.74) is 0.868. The van der Waals surface area contributed by atoms with Gasteiger partial charge in [0, 0.05) is 24.8 Å². The van der Waals surface area contributed by atoms with Crippen molar-refractivity contribution in [3.63, 3.8) is 0 Å². The summed E-state index contributed by atoms with van der Waals surface area (Å²) in [6.07, 6.45) is 3.47. The van der Waals surface area contributed by atoms with E-state index in [1.165, 1.54) is 0 Å². The van der Waals surface area contributed by atoms with Crippen molar-refractivity contribution in [2.24, 2.45) is 0 Å². The van der Waals surface area contributed by atoms with E-state index in [1.54, 1.807) is 10.9 Å². The molecule has 0 saturated heterocycles. The Morgan fingerprint density at radius 2 is 2.25 bits per heavy atom. The van der Waals surface area contributed by atoms with Crippen molar-refractivity contribution in [2.75, 3.05) is 6.54 Å². The summed E-state index contributed by atoms with van der Waals surface area (Å²) in [6, 6.07) is -0.508. The fraction of sp³-hybridized carbons (Fsp3) is 0.444. The van der Waals surface area contributed by atoms with Crippen LogP contribution < -0.4 is 10.6 Å². The average Bonchev–Trinajstić information content (AvgIpc) is 2.71. The Bertz CT molecular complexity index is 375. The molecule has 1 heterocycles. The quantitative estimate of drug-likeness (QED) is 0.647. The zero-order chi connectivity index (χ0) is 12.0. The molecule has 88 valence electrons. The van der Waals surface area contributed by atoms with Gasteiger partial charge in [-0.05, 0) is 6.92 Å². The largest absolute Gasteiger partial charge is 0.480 e. The molecule has 0 aromatic carbocycles. The van der Waals surface area contributed by atoms with E-state index in [0.29, 0.717) is 6.54 Å². The number of aromatic nitrogens is 2. The Labute approximate surface area is 92.4 Å². The first-order valence-corrected chi connectivity index (χ1v) is 4.86. The van der Waals surface area contributed by atoms with Gasteiger partial charge in [0.15, 0.2) is 0 Å². The standard InChI is InChI=1S/C9H14N4O3/c1-2-13-6-7(4-12-13)3-10-9(16)11-5-8(14)15/h4,6H,2-3,5H2,1H3,(H,14,15)(H2,10,11,16). The maximum Gasteiger partial charge on any atom is 0.323 e. The Morgan fingerprint density at radius 1 is 1.50 bits per heavy atom. The molecule has 1 aromatic heterocycles. The summed E-state index contributed by atoms with van der Waals surface area (Å²) >= 11 is 0. The lowest BCUT2D eigenvalue weighted by molar-refractivity contribution is -0.135. The van der Waals surface area contributed by atoms with Crippen molar-refractivity contribution < 1.29 is 14.7 Å². The molecule has 1 rings (SSSR count). The molecule has 0 radical (unpaired) electrons. The Morgan fingerprint density at radius 3 is 2.81 bits per heavy atom. The second-order valence-corrected chi connectivity index (χ2v) is 3.13. The molecule has 1 aromatic rings. The van der Waals surface area contributed by atoms with Gasteiger partial charge in [0.05, 0.1) is 6.20 Å².